The number of rotatable bonds is 5. The average molecular weight is 394 g/mol. The third-order valence-electron chi connectivity index (χ3n) is 3.95. The van der Waals surface area contributed by atoms with Gasteiger partial charge in [-0.25, -0.2) is 9.97 Å². The molecule has 0 aliphatic rings. The van der Waals surface area contributed by atoms with Crippen LogP contribution in [0, 0.1) is 0 Å². The van der Waals surface area contributed by atoms with Gasteiger partial charge in [-0.15, -0.1) is 0 Å². The first-order chi connectivity index (χ1) is 12.3. The average Bonchev–Trinajstić information content (AvgIpc) is 3.13. The fourth-order valence-corrected chi connectivity index (χ4v) is 3.14. The van der Waals surface area contributed by atoms with Crippen LogP contribution in [0.2, 0.25) is 0 Å². The summed E-state index contributed by atoms with van der Waals surface area (Å²) in [4.78, 5) is 8.70. The summed E-state index contributed by atoms with van der Waals surface area (Å²) >= 11 is 3.51. The Morgan fingerprint density at radius 1 is 1.00 bits per heavy atom. The van der Waals surface area contributed by atoms with E-state index in [0.717, 1.165) is 27.7 Å². The van der Waals surface area contributed by atoms with Crippen molar-refractivity contribution in [3.05, 3.63) is 82.9 Å². The van der Waals surface area contributed by atoms with Crippen molar-refractivity contribution in [2.75, 3.05) is 5.32 Å². The fourth-order valence-electron chi connectivity index (χ4n) is 2.77. The van der Waals surface area contributed by atoms with Crippen LogP contribution in [0.4, 0.5) is 5.82 Å². The number of aromatic nitrogens is 4. The summed E-state index contributed by atoms with van der Waals surface area (Å²) in [6.45, 7) is 1.47. The Bertz CT molecular complexity index is 998. The van der Waals surface area contributed by atoms with Crippen LogP contribution in [-0.4, -0.2) is 19.7 Å². The monoisotopic (exact) mass is 393 g/mol. The Labute approximate surface area is 153 Å². The Balaban J connectivity index is 1.53. The summed E-state index contributed by atoms with van der Waals surface area (Å²) in [5.74, 6) is 0.837. The normalized spacial score (nSPS) is 10.9. The molecule has 2 heterocycles. The summed E-state index contributed by atoms with van der Waals surface area (Å²) in [6, 6.07) is 16.4. The van der Waals surface area contributed by atoms with E-state index in [1.807, 2.05) is 35.1 Å². The van der Waals surface area contributed by atoms with E-state index in [1.54, 1.807) is 12.5 Å². The molecule has 124 valence electrons. The van der Waals surface area contributed by atoms with E-state index in [-0.39, 0.29) is 0 Å². The van der Waals surface area contributed by atoms with Crippen LogP contribution in [0.3, 0.4) is 0 Å². The molecule has 2 aromatic heterocycles. The van der Waals surface area contributed by atoms with E-state index >= 15 is 0 Å². The first kappa shape index (κ1) is 15.8. The number of hydrogen-bond donors (Lipinski definition) is 1. The van der Waals surface area contributed by atoms with Crippen molar-refractivity contribution in [2.45, 2.75) is 13.1 Å². The summed E-state index contributed by atoms with van der Waals surface area (Å²) in [5, 5.41) is 8.68. The predicted molar refractivity (Wildman–Crippen MR) is 102 cm³/mol. The van der Waals surface area contributed by atoms with Crippen LogP contribution in [0.5, 0.6) is 0 Å². The second-order valence-electron chi connectivity index (χ2n) is 5.76. The molecule has 4 rings (SSSR count). The van der Waals surface area contributed by atoms with Crippen molar-refractivity contribution in [3.63, 3.8) is 0 Å². The Morgan fingerprint density at radius 3 is 2.80 bits per heavy atom. The molecule has 0 fully saturated rings. The number of nitrogens with zero attached hydrogens (tertiary/aromatic N) is 4. The highest BCUT2D eigenvalue weighted by Gasteiger charge is 2.05. The molecule has 0 bridgehead atoms. The van der Waals surface area contributed by atoms with Gasteiger partial charge in [-0.2, -0.15) is 5.10 Å². The largest absolute Gasteiger partial charge is 0.365 e. The van der Waals surface area contributed by atoms with Gasteiger partial charge in [-0.3, -0.25) is 4.68 Å². The van der Waals surface area contributed by atoms with Gasteiger partial charge in [0.05, 0.1) is 12.1 Å². The minimum absolute atomic E-state index is 0.700. The summed E-state index contributed by atoms with van der Waals surface area (Å²) < 4.78 is 2.93. The highest BCUT2D eigenvalue weighted by atomic mass is 79.9. The van der Waals surface area contributed by atoms with Gasteiger partial charge in [-0.1, -0.05) is 40.2 Å². The smallest absolute Gasteiger partial charge is 0.137 e. The molecule has 25 heavy (non-hydrogen) atoms. The molecule has 2 aromatic carbocycles. The summed E-state index contributed by atoms with van der Waals surface area (Å²) in [7, 11) is 0. The van der Waals surface area contributed by atoms with Crippen LogP contribution in [-0.2, 0) is 13.1 Å². The maximum Gasteiger partial charge on any atom is 0.137 e. The second-order valence-corrected chi connectivity index (χ2v) is 6.68. The first-order valence-electron chi connectivity index (χ1n) is 7.97. The molecule has 0 aliphatic carbocycles. The number of fused-ring (bicyclic) bond motifs is 1. The van der Waals surface area contributed by atoms with Crippen molar-refractivity contribution in [1.29, 1.82) is 0 Å². The standard InChI is InChI=1S/C19H16BrN5/c20-16-5-6-18-17(10-16)19(23-13-22-18)21-11-14-3-1-4-15(9-14)12-25-8-2-7-24-25/h1-10,13H,11-12H2,(H,21,22,23). The van der Waals surface area contributed by atoms with E-state index < -0.39 is 0 Å². The number of hydrogen-bond acceptors (Lipinski definition) is 4. The van der Waals surface area contributed by atoms with E-state index in [1.165, 1.54) is 11.1 Å². The number of halogens is 1. The molecule has 5 nitrogen and oxygen atoms in total. The molecule has 0 saturated carbocycles. The van der Waals surface area contributed by atoms with Crippen LogP contribution < -0.4 is 5.32 Å². The van der Waals surface area contributed by atoms with Gasteiger partial charge in [0.2, 0.25) is 0 Å². The van der Waals surface area contributed by atoms with Gasteiger partial charge in [0.25, 0.3) is 0 Å². The molecular formula is C19H16BrN5. The zero-order chi connectivity index (χ0) is 17.1. The van der Waals surface area contributed by atoms with Gasteiger partial charge in [-0.05, 0) is 35.4 Å². The van der Waals surface area contributed by atoms with Gasteiger partial charge < -0.3 is 5.32 Å². The van der Waals surface area contributed by atoms with Gasteiger partial charge in [0, 0.05) is 28.8 Å². The van der Waals surface area contributed by atoms with E-state index in [9.17, 15) is 0 Å². The Hall–Kier alpha value is -2.73. The van der Waals surface area contributed by atoms with E-state index in [4.69, 9.17) is 0 Å². The molecule has 6 heteroatoms. The van der Waals surface area contributed by atoms with E-state index in [0.29, 0.717) is 6.54 Å². The SMILES string of the molecule is Brc1ccc2ncnc(NCc3cccc(Cn4cccn4)c3)c2c1. The lowest BCUT2D eigenvalue weighted by Crippen LogP contribution is -2.04. The molecule has 0 saturated heterocycles. The van der Waals surface area contributed by atoms with Crippen molar-refractivity contribution in [2.24, 2.45) is 0 Å². The summed E-state index contributed by atoms with van der Waals surface area (Å²) in [6.07, 6.45) is 5.35. The fraction of sp³-hybridized carbons (Fsp3) is 0.105. The van der Waals surface area contributed by atoms with Crippen LogP contribution in [0.15, 0.2) is 71.7 Å². The quantitative estimate of drug-likeness (QED) is 0.550. The molecule has 1 N–H and O–H groups in total. The highest BCUT2D eigenvalue weighted by Crippen LogP contribution is 2.23. The summed E-state index contributed by atoms with van der Waals surface area (Å²) in [5.41, 5.74) is 3.35. The lowest BCUT2D eigenvalue weighted by molar-refractivity contribution is 0.686. The minimum Gasteiger partial charge on any atom is -0.365 e. The zero-order valence-corrected chi connectivity index (χ0v) is 15.0. The third kappa shape index (κ3) is 3.69. The van der Waals surface area contributed by atoms with E-state index in [2.05, 4.69) is 60.6 Å². The molecule has 0 amide bonds. The van der Waals surface area contributed by atoms with Crippen molar-refractivity contribution >= 4 is 32.7 Å². The number of benzene rings is 2. The van der Waals surface area contributed by atoms with Gasteiger partial charge in [0.15, 0.2) is 0 Å². The number of nitrogens with one attached hydrogen (secondary N) is 1. The van der Waals surface area contributed by atoms with Crippen molar-refractivity contribution < 1.29 is 0 Å². The first-order valence-corrected chi connectivity index (χ1v) is 8.76. The molecule has 0 atom stereocenters. The molecule has 0 aliphatic heterocycles. The molecule has 0 unspecified atom stereocenters. The molecule has 0 radical (unpaired) electrons. The zero-order valence-electron chi connectivity index (χ0n) is 13.4. The predicted octanol–water partition coefficient (Wildman–Crippen LogP) is 4.25. The molecule has 0 spiro atoms. The van der Waals surface area contributed by atoms with Crippen LogP contribution in [0.25, 0.3) is 10.9 Å². The third-order valence-corrected chi connectivity index (χ3v) is 4.45. The maximum atomic E-state index is 4.39. The van der Waals surface area contributed by atoms with Crippen LogP contribution >= 0.6 is 15.9 Å². The maximum absolute atomic E-state index is 4.39. The minimum atomic E-state index is 0.700. The van der Waals surface area contributed by atoms with Gasteiger partial charge >= 0.3 is 0 Å². The Kier molecular flexibility index (Phi) is 4.43. The molecular weight excluding hydrogens is 378 g/mol. The second kappa shape index (κ2) is 7.03. The lowest BCUT2D eigenvalue weighted by Gasteiger charge is -2.10. The van der Waals surface area contributed by atoms with Crippen molar-refractivity contribution in [1.82, 2.24) is 19.7 Å². The topological polar surface area (TPSA) is 55.6 Å². The highest BCUT2D eigenvalue weighted by molar-refractivity contribution is 9.10. The van der Waals surface area contributed by atoms with Crippen molar-refractivity contribution in [3.8, 4) is 0 Å². The molecule has 4 aromatic rings. The Morgan fingerprint density at radius 2 is 1.92 bits per heavy atom. The number of anilines is 1. The lowest BCUT2D eigenvalue weighted by atomic mass is 10.1. The van der Waals surface area contributed by atoms with Gasteiger partial charge in [0.1, 0.15) is 12.1 Å². The van der Waals surface area contributed by atoms with Crippen LogP contribution in [0.1, 0.15) is 11.1 Å².